The van der Waals surface area contributed by atoms with Gasteiger partial charge in [0.25, 0.3) is 0 Å². The number of likely N-dealkylation sites (N-methyl/N-ethyl adjacent to an activating group) is 1. The van der Waals surface area contributed by atoms with Crippen molar-refractivity contribution in [3.05, 3.63) is 0 Å². The Morgan fingerprint density at radius 2 is 2.29 bits per heavy atom. The van der Waals surface area contributed by atoms with E-state index in [4.69, 9.17) is 5.11 Å². The van der Waals surface area contributed by atoms with Gasteiger partial charge in [-0.15, -0.1) is 0 Å². The van der Waals surface area contributed by atoms with E-state index in [0.717, 1.165) is 19.5 Å². The minimum absolute atomic E-state index is 0.0541. The molecule has 1 aliphatic heterocycles. The maximum atomic E-state index is 11.6. The van der Waals surface area contributed by atoms with E-state index in [1.54, 1.807) is 19.0 Å². The minimum Gasteiger partial charge on any atom is -0.396 e. The molecule has 82 valence electrons. The van der Waals surface area contributed by atoms with Crippen molar-refractivity contribution in [1.82, 2.24) is 9.80 Å². The zero-order valence-electron chi connectivity index (χ0n) is 9.23. The van der Waals surface area contributed by atoms with Crippen molar-refractivity contribution in [2.45, 2.75) is 19.4 Å². The molecule has 14 heavy (non-hydrogen) atoms. The van der Waals surface area contributed by atoms with Crippen LogP contribution in [0.3, 0.4) is 0 Å². The van der Waals surface area contributed by atoms with Crippen molar-refractivity contribution in [3.63, 3.8) is 0 Å². The van der Waals surface area contributed by atoms with E-state index in [9.17, 15) is 4.79 Å². The summed E-state index contributed by atoms with van der Waals surface area (Å²) in [6.45, 7) is 3.94. The van der Waals surface area contributed by atoms with Crippen LogP contribution in [0, 0.1) is 5.92 Å². The highest BCUT2D eigenvalue weighted by atomic mass is 16.3. The minimum atomic E-state index is -0.0541. The Hall–Kier alpha value is -0.610. The topological polar surface area (TPSA) is 43.8 Å². The van der Waals surface area contributed by atoms with Crippen molar-refractivity contribution in [1.29, 1.82) is 0 Å². The zero-order valence-corrected chi connectivity index (χ0v) is 9.23. The molecule has 1 N–H and O–H groups in total. The summed E-state index contributed by atoms with van der Waals surface area (Å²) < 4.78 is 0. The molecule has 0 aromatic carbocycles. The third-order valence-corrected chi connectivity index (χ3v) is 2.92. The predicted molar refractivity (Wildman–Crippen MR) is 54.9 cm³/mol. The lowest BCUT2D eigenvalue weighted by Gasteiger charge is -2.25. The molecule has 2 atom stereocenters. The molecule has 4 heteroatoms. The number of aliphatic hydroxyl groups is 1. The van der Waals surface area contributed by atoms with E-state index >= 15 is 0 Å². The van der Waals surface area contributed by atoms with Crippen LogP contribution >= 0.6 is 0 Å². The molecular weight excluding hydrogens is 180 g/mol. The average molecular weight is 200 g/mol. The Bertz CT molecular complexity index is 206. The third kappa shape index (κ3) is 2.45. The van der Waals surface area contributed by atoms with Crippen LogP contribution in [0.4, 0.5) is 0 Å². The highest BCUT2D eigenvalue weighted by Gasteiger charge is 2.29. The quantitative estimate of drug-likeness (QED) is 0.685. The number of amides is 1. The predicted octanol–water partition coefficient (Wildman–Crippen LogP) is -0.223. The number of rotatable bonds is 3. The maximum absolute atomic E-state index is 11.6. The number of hydrogen-bond donors (Lipinski definition) is 1. The summed E-state index contributed by atoms with van der Waals surface area (Å²) >= 11 is 0. The van der Waals surface area contributed by atoms with Gasteiger partial charge < -0.3 is 10.0 Å². The van der Waals surface area contributed by atoms with Gasteiger partial charge in [-0.25, -0.2) is 0 Å². The van der Waals surface area contributed by atoms with Gasteiger partial charge in [0.05, 0.1) is 6.04 Å². The van der Waals surface area contributed by atoms with E-state index < -0.39 is 0 Å². The molecule has 1 saturated heterocycles. The molecule has 0 aromatic heterocycles. The van der Waals surface area contributed by atoms with Gasteiger partial charge in [0.1, 0.15) is 0 Å². The van der Waals surface area contributed by atoms with Crippen LogP contribution in [-0.2, 0) is 4.79 Å². The zero-order chi connectivity index (χ0) is 10.7. The lowest BCUT2D eigenvalue weighted by molar-refractivity contribution is -0.133. The molecule has 4 nitrogen and oxygen atoms in total. The Kier molecular flexibility index (Phi) is 3.89. The van der Waals surface area contributed by atoms with Crippen molar-refractivity contribution in [3.8, 4) is 0 Å². The van der Waals surface area contributed by atoms with E-state index in [2.05, 4.69) is 4.90 Å². The van der Waals surface area contributed by atoms with Crippen LogP contribution in [0.1, 0.15) is 13.3 Å². The van der Waals surface area contributed by atoms with E-state index in [1.807, 2.05) is 6.92 Å². The molecule has 1 aliphatic rings. The van der Waals surface area contributed by atoms with Crippen molar-refractivity contribution in [2.75, 3.05) is 33.8 Å². The molecule has 0 bridgehead atoms. The third-order valence-electron chi connectivity index (χ3n) is 2.92. The first-order chi connectivity index (χ1) is 6.56. The first-order valence-electron chi connectivity index (χ1n) is 5.12. The normalized spacial score (nSPS) is 25.0. The number of nitrogens with zero attached hydrogens (tertiary/aromatic N) is 2. The Morgan fingerprint density at radius 3 is 2.71 bits per heavy atom. The van der Waals surface area contributed by atoms with E-state index in [0.29, 0.717) is 5.92 Å². The lowest BCUT2D eigenvalue weighted by atomic mass is 10.1. The van der Waals surface area contributed by atoms with Gasteiger partial charge in [-0.05, 0) is 25.8 Å². The fraction of sp³-hybridized carbons (Fsp3) is 0.900. The Balaban J connectivity index is 2.46. The average Bonchev–Trinajstić information content (AvgIpc) is 2.63. The molecule has 0 radical (unpaired) electrons. The van der Waals surface area contributed by atoms with Crippen molar-refractivity contribution < 1.29 is 9.90 Å². The highest BCUT2D eigenvalue weighted by Crippen LogP contribution is 2.18. The molecule has 1 amide bonds. The summed E-state index contributed by atoms with van der Waals surface area (Å²) in [5, 5.41) is 8.99. The van der Waals surface area contributed by atoms with E-state index in [-0.39, 0.29) is 18.6 Å². The van der Waals surface area contributed by atoms with Gasteiger partial charge in [-0.3, -0.25) is 9.69 Å². The fourth-order valence-electron chi connectivity index (χ4n) is 1.89. The Morgan fingerprint density at radius 1 is 1.64 bits per heavy atom. The molecule has 0 aliphatic carbocycles. The molecular formula is C10H20N2O2. The standard InChI is InChI=1S/C10H20N2O2/c1-8(10(14)11(2)3)12-5-4-9(6-12)7-13/h8-9,13H,4-7H2,1-3H3. The first-order valence-corrected chi connectivity index (χ1v) is 5.12. The van der Waals surface area contributed by atoms with E-state index in [1.165, 1.54) is 0 Å². The van der Waals surface area contributed by atoms with Crippen molar-refractivity contribution >= 4 is 5.91 Å². The number of carbonyl (C=O) groups is 1. The monoisotopic (exact) mass is 200 g/mol. The van der Waals surface area contributed by atoms with Gasteiger partial charge >= 0.3 is 0 Å². The van der Waals surface area contributed by atoms with Crippen LogP contribution in [0.5, 0.6) is 0 Å². The molecule has 0 spiro atoms. The SMILES string of the molecule is CC(C(=O)N(C)C)N1CCC(CO)C1. The highest BCUT2D eigenvalue weighted by molar-refractivity contribution is 5.80. The Labute approximate surface area is 85.5 Å². The van der Waals surface area contributed by atoms with Crippen LogP contribution in [-0.4, -0.2) is 60.6 Å². The van der Waals surface area contributed by atoms with Gasteiger partial charge in [0.2, 0.25) is 5.91 Å². The number of carbonyl (C=O) groups excluding carboxylic acids is 1. The van der Waals surface area contributed by atoms with Gasteiger partial charge in [-0.1, -0.05) is 0 Å². The van der Waals surface area contributed by atoms with Crippen LogP contribution < -0.4 is 0 Å². The second-order valence-corrected chi connectivity index (χ2v) is 4.24. The van der Waals surface area contributed by atoms with Gasteiger partial charge in [0, 0.05) is 27.2 Å². The summed E-state index contributed by atoms with van der Waals surface area (Å²) in [7, 11) is 3.55. The molecule has 1 rings (SSSR count). The smallest absolute Gasteiger partial charge is 0.239 e. The van der Waals surface area contributed by atoms with Gasteiger partial charge in [-0.2, -0.15) is 0 Å². The summed E-state index contributed by atoms with van der Waals surface area (Å²) in [6.07, 6.45) is 1.00. The number of hydrogen-bond acceptors (Lipinski definition) is 3. The summed E-state index contributed by atoms with van der Waals surface area (Å²) in [4.78, 5) is 15.4. The second-order valence-electron chi connectivity index (χ2n) is 4.24. The van der Waals surface area contributed by atoms with Crippen LogP contribution in [0.25, 0.3) is 0 Å². The van der Waals surface area contributed by atoms with Gasteiger partial charge in [0.15, 0.2) is 0 Å². The summed E-state index contributed by atoms with van der Waals surface area (Å²) in [5.41, 5.74) is 0. The lowest BCUT2D eigenvalue weighted by Crippen LogP contribution is -2.43. The molecule has 0 aromatic rings. The summed E-state index contributed by atoms with van der Waals surface area (Å²) in [6, 6.07) is -0.0541. The van der Waals surface area contributed by atoms with Crippen LogP contribution in [0.15, 0.2) is 0 Å². The summed E-state index contributed by atoms with van der Waals surface area (Å²) in [5.74, 6) is 0.496. The molecule has 2 unspecified atom stereocenters. The number of likely N-dealkylation sites (tertiary alicyclic amines) is 1. The maximum Gasteiger partial charge on any atom is 0.239 e. The second kappa shape index (κ2) is 4.75. The fourth-order valence-corrected chi connectivity index (χ4v) is 1.89. The molecule has 1 fully saturated rings. The molecule has 0 saturated carbocycles. The number of aliphatic hydroxyl groups excluding tert-OH is 1. The molecule has 1 heterocycles. The van der Waals surface area contributed by atoms with Crippen LogP contribution in [0.2, 0.25) is 0 Å². The first kappa shape index (κ1) is 11.5. The largest absolute Gasteiger partial charge is 0.396 e. The van der Waals surface area contributed by atoms with Crippen molar-refractivity contribution in [2.24, 2.45) is 5.92 Å².